The molecule has 2 rings (SSSR count). The van der Waals surface area contributed by atoms with Crippen molar-refractivity contribution in [2.45, 2.75) is 13.0 Å². The molecule has 1 aliphatic rings. The number of aliphatic hydroxyl groups is 1. The van der Waals surface area contributed by atoms with E-state index in [-0.39, 0.29) is 12.7 Å². The molecule has 1 aliphatic heterocycles. The first-order valence-electron chi connectivity index (χ1n) is 4.36. The van der Waals surface area contributed by atoms with Gasteiger partial charge in [0.05, 0.1) is 12.0 Å². The summed E-state index contributed by atoms with van der Waals surface area (Å²) in [6, 6.07) is 3.64. The van der Waals surface area contributed by atoms with Crippen LogP contribution in [-0.2, 0) is 0 Å². The molecule has 3 nitrogen and oxygen atoms in total. The molecule has 1 aromatic rings. The first kappa shape index (κ1) is 9.62. The lowest BCUT2D eigenvalue weighted by atomic mass is 10.0. The third-order valence-electron chi connectivity index (χ3n) is 2.27. The minimum absolute atomic E-state index is 0.181. The molecule has 0 aliphatic carbocycles. The average Bonchev–Trinajstić information content (AvgIpc) is 2.62. The normalized spacial score (nSPS) is 15.6. The topological polar surface area (TPSA) is 38.7 Å². The van der Waals surface area contributed by atoms with Gasteiger partial charge in [-0.1, -0.05) is 0 Å². The van der Waals surface area contributed by atoms with Gasteiger partial charge in [-0.25, -0.2) is 0 Å². The van der Waals surface area contributed by atoms with E-state index in [0.29, 0.717) is 5.75 Å². The number of halogens is 1. The molecule has 0 fully saturated rings. The number of hydrogen-bond acceptors (Lipinski definition) is 3. The first-order valence-corrected chi connectivity index (χ1v) is 4.90. The Balaban J connectivity index is 2.42. The SMILES string of the molecule is Cc1cc2c(cc1C(O)CCl)OCO2. The summed E-state index contributed by atoms with van der Waals surface area (Å²) in [5.74, 6) is 1.59. The molecular weight excluding hydrogens is 204 g/mol. The average molecular weight is 215 g/mol. The van der Waals surface area contributed by atoms with Crippen molar-refractivity contribution in [3.63, 3.8) is 0 Å². The van der Waals surface area contributed by atoms with Crippen molar-refractivity contribution in [3.8, 4) is 11.5 Å². The molecule has 0 amide bonds. The molecule has 0 bridgehead atoms. The van der Waals surface area contributed by atoms with Crippen molar-refractivity contribution in [1.82, 2.24) is 0 Å². The van der Waals surface area contributed by atoms with E-state index in [4.69, 9.17) is 21.1 Å². The molecule has 0 saturated carbocycles. The lowest BCUT2D eigenvalue weighted by molar-refractivity contribution is 0.173. The maximum Gasteiger partial charge on any atom is 0.231 e. The Labute approximate surface area is 87.2 Å². The van der Waals surface area contributed by atoms with Gasteiger partial charge >= 0.3 is 0 Å². The van der Waals surface area contributed by atoms with Crippen LogP contribution in [0, 0.1) is 6.92 Å². The number of ether oxygens (including phenoxy) is 2. The zero-order chi connectivity index (χ0) is 10.1. The van der Waals surface area contributed by atoms with E-state index in [1.807, 2.05) is 13.0 Å². The number of benzene rings is 1. The lowest BCUT2D eigenvalue weighted by Gasteiger charge is -2.11. The standard InChI is InChI=1S/C10H11ClO3/c1-6-2-9-10(14-5-13-9)3-7(6)8(12)4-11/h2-3,8,12H,4-5H2,1H3. The zero-order valence-corrected chi connectivity index (χ0v) is 8.54. The summed E-state index contributed by atoms with van der Waals surface area (Å²) < 4.78 is 10.4. The molecule has 14 heavy (non-hydrogen) atoms. The fourth-order valence-corrected chi connectivity index (χ4v) is 1.67. The molecule has 1 aromatic carbocycles. The third-order valence-corrected chi connectivity index (χ3v) is 2.56. The van der Waals surface area contributed by atoms with Gasteiger partial charge in [-0.2, -0.15) is 0 Å². The van der Waals surface area contributed by atoms with Crippen LogP contribution in [0.1, 0.15) is 17.2 Å². The second-order valence-electron chi connectivity index (χ2n) is 3.23. The predicted molar refractivity (Wildman–Crippen MR) is 53.0 cm³/mol. The maximum absolute atomic E-state index is 9.61. The van der Waals surface area contributed by atoms with Crippen LogP contribution in [0.25, 0.3) is 0 Å². The summed E-state index contributed by atoms with van der Waals surface area (Å²) >= 11 is 5.59. The Morgan fingerprint density at radius 2 is 2.07 bits per heavy atom. The summed E-state index contributed by atoms with van der Waals surface area (Å²) in [6.07, 6.45) is -0.647. The summed E-state index contributed by atoms with van der Waals surface area (Å²) in [7, 11) is 0. The molecule has 0 radical (unpaired) electrons. The molecule has 4 heteroatoms. The zero-order valence-electron chi connectivity index (χ0n) is 7.79. The highest BCUT2D eigenvalue weighted by atomic mass is 35.5. The van der Waals surface area contributed by atoms with Gasteiger partial charge in [0, 0.05) is 0 Å². The van der Waals surface area contributed by atoms with Crippen LogP contribution >= 0.6 is 11.6 Å². The predicted octanol–water partition coefficient (Wildman–Crippen LogP) is 2.00. The summed E-state index contributed by atoms with van der Waals surface area (Å²) in [4.78, 5) is 0. The quantitative estimate of drug-likeness (QED) is 0.766. The highest BCUT2D eigenvalue weighted by Gasteiger charge is 2.18. The fourth-order valence-electron chi connectivity index (χ4n) is 1.50. The molecular formula is C10H11ClO3. The van der Waals surface area contributed by atoms with Crippen LogP contribution in [-0.4, -0.2) is 17.8 Å². The Hall–Kier alpha value is -0.930. The van der Waals surface area contributed by atoms with Gasteiger partial charge in [0.25, 0.3) is 0 Å². The Morgan fingerprint density at radius 3 is 2.71 bits per heavy atom. The molecule has 0 spiro atoms. The minimum Gasteiger partial charge on any atom is -0.454 e. The van der Waals surface area contributed by atoms with E-state index in [1.165, 1.54) is 0 Å². The summed E-state index contributed by atoms with van der Waals surface area (Å²) in [5, 5.41) is 9.61. The van der Waals surface area contributed by atoms with Gasteiger partial charge in [0.1, 0.15) is 0 Å². The van der Waals surface area contributed by atoms with E-state index < -0.39 is 6.10 Å². The maximum atomic E-state index is 9.61. The number of aliphatic hydroxyl groups excluding tert-OH is 1. The number of rotatable bonds is 2. The van der Waals surface area contributed by atoms with Crippen molar-refractivity contribution in [2.75, 3.05) is 12.7 Å². The summed E-state index contributed by atoms with van der Waals surface area (Å²) in [6.45, 7) is 2.16. The van der Waals surface area contributed by atoms with Crippen LogP contribution in [0.15, 0.2) is 12.1 Å². The Kier molecular flexibility index (Phi) is 2.52. The van der Waals surface area contributed by atoms with E-state index in [0.717, 1.165) is 16.9 Å². The first-order chi connectivity index (χ1) is 6.72. The van der Waals surface area contributed by atoms with E-state index in [1.54, 1.807) is 6.07 Å². The molecule has 1 unspecified atom stereocenters. The van der Waals surface area contributed by atoms with Crippen molar-refractivity contribution in [2.24, 2.45) is 0 Å². The second-order valence-corrected chi connectivity index (χ2v) is 3.54. The number of fused-ring (bicyclic) bond motifs is 1. The minimum atomic E-state index is -0.647. The number of aryl methyl sites for hydroxylation is 1. The molecule has 0 saturated heterocycles. The van der Waals surface area contributed by atoms with Crippen LogP contribution in [0.4, 0.5) is 0 Å². The Bertz CT molecular complexity index is 351. The van der Waals surface area contributed by atoms with Gasteiger partial charge in [-0.3, -0.25) is 0 Å². The van der Waals surface area contributed by atoms with E-state index >= 15 is 0 Å². The van der Waals surface area contributed by atoms with E-state index in [9.17, 15) is 5.11 Å². The van der Waals surface area contributed by atoms with Gasteiger partial charge in [-0.15, -0.1) is 11.6 Å². The molecule has 0 aromatic heterocycles. The van der Waals surface area contributed by atoms with Crippen LogP contribution in [0.5, 0.6) is 11.5 Å². The third kappa shape index (κ3) is 1.53. The van der Waals surface area contributed by atoms with Crippen LogP contribution < -0.4 is 9.47 Å². The van der Waals surface area contributed by atoms with Crippen LogP contribution in [0.3, 0.4) is 0 Å². The van der Waals surface area contributed by atoms with E-state index in [2.05, 4.69) is 0 Å². The molecule has 1 N–H and O–H groups in total. The highest BCUT2D eigenvalue weighted by molar-refractivity contribution is 6.18. The smallest absolute Gasteiger partial charge is 0.231 e. The monoisotopic (exact) mass is 214 g/mol. The van der Waals surface area contributed by atoms with Crippen LogP contribution in [0.2, 0.25) is 0 Å². The molecule has 1 atom stereocenters. The van der Waals surface area contributed by atoms with Crippen molar-refractivity contribution < 1.29 is 14.6 Å². The lowest BCUT2D eigenvalue weighted by Crippen LogP contribution is -2.01. The number of alkyl halides is 1. The van der Waals surface area contributed by atoms with Crippen molar-refractivity contribution in [3.05, 3.63) is 23.3 Å². The van der Waals surface area contributed by atoms with Gasteiger partial charge in [0.2, 0.25) is 6.79 Å². The van der Waals surface area contributed by atoms with Gasteiger partial charge < -0.3 is 14.6 Å². The largest absolute Gasteiger partial charge is 0.454 e. The number of hydrogen-bond donors (Lipinski definition) is 1. The highest BCUT2D eigenvalue weighted by Crippen LogP contribution is 2.36. The van der Waals surface area contributed by atoms with Crippen molar-refractivity contribution >= 4 is 11.6 Å². The van der Waals surface area contributed by atoms with Gasteiger partial charge in [0.15, 0.2) is 11.5 Å². The fraction of sp³-hybridized carbons (Fsp3) is 0.400. The summed E-state index contributed by atoms with van der Waals surface area (Å²) in [5.41, 5.74) is 1.76. The van der Waals surface area contributed by atoms with Crippen molar-refractivity contribution in [1.29, 1.82) is 0 Å². The van der Waals surface area contributed by atoms with Gasteiger partial charge in [-0.05, 0) is 30.2 Å². The molecule has 1 heterocycles. The Morgan fingerprint density at radius 1 is 1.43 bits per heavy atom. The second kappa shape index (κ2) is 3.67. The molecule has 76 valence electrons.